The Labute approximate surface area is 210 Å². The van der Waals surface area contributed by atoms with E-state index in [1.54, 1.807) is 6.08 Å². The number of halogens is 1. The molecule has 0 bridgehead atoms. The highest BCUT2D eigenvalue weighted by Crippen LogP contribution is 2.28. The lowest BCUT2D eigenvalue weighted by atomic mass is 9.87. The molecule has 1 aromatic heterocycles. The van der Waals surface area contributed by atoms with Crippen LogP contribution in [-0.2, 0) is 0 Å². The molecule has 0 aliphatic carbocycles. The second-order valence-electron chi connectivity index (χ2n) is 8.66. The maximum atomic E-state index is 10.5. The van der Waals surface area contributed by atoms with Crippen LogP contribution in [0.4, 0.5) is 0 Å². The van der Waals surface area contributed by atoms with E-state index < -0.39 is 5.60 Å². The summed E-state index contributed by atoms with van der Waals surface area (Å²) in [6.45, 7) is 15.5. The Morgan fingerprint density at radius 3 is 2.44 bits per heavy atom. The highest BCUT2D eigenvalue weighted by molar-refractivity contribution is 6.31. The van der Waals surface area contributed by atoms with Gasteiger partial charge in [0.25, 0.3) is 0 Å². The molecule has 3 heteroatoms. The van der Waals surface area contributed by atoms with Crippen molar-refractivity contribution in [2.45, 2.75) is 52.6 Å². The minimum absolute atomic E-state index is 0.685. The predicted octanol–water partition coefficient (Wildman–Crippen LogP) is 8.96. The van der Waals surface area contributed by atoms with Gasteiger partial charge in [-0.25, -0.2) is 4.98 Å². The van der Waals surface area contributed by atoms with Crippen LogP contribution in [0.1, 0.15) is 52.7 Å². The van der Waals surface area contributed by atoms with Gasteiger partial charge in [0.1, 0.15) is 0 Å². The van der Waals surface area contributed by atoms with Crippen LogP contribution in [0.2, 0.25) is 5.02 Å². The molecule has 34 heavy (non-hydrogen) atoms. The third kappa shape index (κ3) is 8.13. The van der Waals surface area contributed by atoms with Crippen molar-refractivity contribution in [2.75, 3.05) is 0 Å². The summed E-state index contributed by atoms with van der Waals surface area (Å²) in [5, 5.41) is 12.3. The Morgan fingerprint density at radius 1 is 1.09 bits per heavy atom. The molecule has 0 amide bonds. The summed E-state index contributed by atoms with van der Waals surface area (Å²) < 4.78 is 0. The first-order chi connectivity index (χ1) is 16.2. The fourth-order valence-corrected chi connectivity index (χ4v) is 3.96. The number of benzene rings is 1. The minimum Gasteiger partial charge on any atom is -0.386 e. The topological polar surface area (TPSA) is 33.1 Å². The van der Waals surface area contributed by atoms with Crippen LogP contribution < -0.4 is 0 Å². The van der Waals surface area contributed by atoms with Gasteiger partial charge in [-0.15, -0.1) is 0 Å². The van der Waals surface area contributed by atoms with Crippen molar-refractivity contribution in [3.05, 3.63) is 119 Å². The maximum absolute atomic E-state index is 10.5. The number of nitrogens with zero attached hydrogens (tertiary/aromatic N) is 1. The first kappa shape index (κ1) is 27.3. The van der Waals surface area contributed by atoms with E-state index in [2.05, 4.69) is 43.5 Å². The van der Waals surface area contributed by atoms with E-state index in [4.69, 9.17) is 16.6 Å². The van der Waals surface area contributed by atoms with E-state index in [1.165, 1.54) is 5.57 Å². The summed E-state index contributed by atoms with van der Waals surface area (Å²) in [6.07, 6.45) is 18.7. The molecule has 1 aromatic carbocycles. The first-order valence-corrected chi connectivity index (χ1v) is 12.0. The zero-order valence-electron chi connectivity index (χ0n) is 20.8. The number of allylic oxidation sites excluding steroid dienone is 9. The van der Waals surface area contributed by atoms with Gasteiger partial charge >= 0.3 is 0 Å². The lowest BCUT2D eigenvalue weighted by Crippen LogP contribution is -2.23. The van der Waals surface area contributed by atoms with Gasteiger partial charge in [0, 0.05) is 10.4 Å². The molecule has 2 nitrogen and oxygen atoms in total. The zero-order valence-corrected chi connectivity index (χ0v) is 21.6. The highest BCUT2D eigenvalue weighted by Gasteiger charge is 2.21. The van der Waals surface area contributed by atoms with E-state index in [0.29, 0.717) is 5.02 Å². The van der Waals surface area contributed by atoms with Gasteiger partial charge in [-0.2, -0.15) is 0 Å². The van der Waals surface area contributed by atoms with Crippen molar-refractivity contribution in [3.8, 4) is 0 Å². The lowest BCUT2D eigenvalue weighted by Gasteiger charge is -2.24. The summed E-state index contributed by atoms with van der Waals surface area (Å²) in [4.78, 5) is 4.69. The second kappa shape index (κ2) is 13.1. The number of aromatic nitrogens is 1. The molecule has 0 saturated carbocycles. The normalized spacial score (nSPS) is 14.2. The molecule has 1 N–H and O–H groups in total. The molecule has 178 valence electrons. The van der Waals surface area contributed by atoms with Gasteiger partial charge in [-0.05, 0) is 93.5 Å². The van der Waals surface area contributed by atoms with E-state index in [1.807, 2.05) is 70.2 Å². The quantitative estimate of drug-likeness (QED) is 0.330. The van der Waals surface area contributed by atoms with E-state index in [0.717, 1.165) is 52.6 Å². The van der Waals surface area contributed by atoms with Crippen LogP contribution in [0.15, 0.2) is 108 Å². The van der Waals surface area contributed by atoms with Crippen molar-refractivity contribution in [1.29, 1.82) is 0 Å². The van der Waals surface area contributed by atoms with Crippen LogP contribution in [0.25, 0.3) is 17.0 Å². The number of fused-ring (bicyclic) bond motifs is 1. The summed E-state index contributed by atoms with van der Waals surface area (Å²) in [5.41, 5.74) is 5.18. The van der Waals surface area contributed by atoms with Gasteiger partial charge in [-0.3, -0.25) is 0 Å². The predicted molar refractivity (Wildman–Crippen MR) is 150 cm³/mol. The second-order valence-corrected chi connectivity index (χ2v) is 9.10. The number of pyridine rings is 1. The fraction of sp³-hybridized carbons (Fsp3) is 0.258. The highest BCUT2D eigenvalue weighted by atomic mass is 35.5. The van der Waals surface area contributed by atoms with Gasteiger partial charge in [-0.1, -0.05) is 79.4 Å². The average molecular weight is 474 g/mol. The smallest absolute Gasteiger partial charge is 0.0843 e. The molecule has 0 unspecified atom stereocenters. The number of rotatable bonds is 11. The van der Waals surface area contributed by atoms with Crippen molar-refractivity contribution >= 4 is 28.6 Å². The molecule has 0 aliphatic heterocycles. The molecule has 0 fully saturated rings. The molecule has 0 aliphatic rings. The molecular weight excluding hydrogens is 438 g/mol. The number of hydrogen-bond donors (Lipinski definition) is 1. The number of hydrogen-bond acceptors (Lipinski definition) is 2. The van der Waals surface area contributed by atoms with E-state index >= 15 is 0 Å². The van der Waals surface area contributed by atoms with Gasteiger partial charge in [0.05, 0.1) is 16.8 Å². The average Bonchev–Trinajstić information content (AvgIpc) is 2.81. The number of aliphatic hydroxyl groups is 1. The van der Waals surface area contributed by atoms with E-state index in [-0.39, 0.29) is 0 Å². The summed E-state index contributed by atoms with van der Waals surface area (Å²) in [6, 6.07) is 9.80. The van der Waals surface area contributed by atoms with Crippen molar-refractivity contribution in [1.82, 2.24) is 4.98 Å². The third-order valence-corrected chi connectivity index (χ3v) is 5.85. The van der Waals surface area contributed by atoms with E-state index in [9.17, 15) is 5.11 Å². The van der Waals surface area contributed by atoms with Crippen molar-refractivity contribution < 1.29 is 5.11 Å². The Morgan fingerprint density at radius 2 is 1.82 bits per heavy atom. The van der Waals surface area contributed by atoms with Crippen LogP contribution in [0, 0.1) is 0 Å². The van der Waals surface area contributed by atoms with Crippen molar-refractivity contribution in [2.24, 2.45) is 0 Å². The molecule has 0 radical (unpaired) electrons. The molecular formula is C31H36ClNO. The molecule has 2 rings (SSSR count). The Hall–Kier alpha value is -2.94. The van der Waals surface area contributed by atoms with Gasteiger partial charge < -0.3 is 5.11 Å². The van der Waals surface area contributed by atoms with Gasteiger partial charge in [0.2, 0.25) is 0 Å². The molecule has 2 aromatic rings. The molecule has 1 heterocycles. The summed E-state index contributed by atoms with van der Waals surface area (Å²) in [5.74, 6) is 0. The maximum Gasteiger partial charge on any atom is 0.0843 e. The van der Waals surface area contributed by atoms with Crippen molar-refractivity contribution in [3.63, 3.8) is 0 Å². The van der Waals surface area contributed by atoms with Gasteiger partial charge in [0.15, 0.2) is 0 Å². The standard InChI is InChI=1S/C31H36ClNO/c1-7-12-29(31(5,6)34)25(10-4)14-11-13-23(8-2)21-24(9-3)15-19-28-20-17-26-16-18-27(32)22-30(26)33-28/h7-10,12,15-22,34H,1-2,11,13-14H2,3-6H3/b19-15+,23-21+,24-9-,25-10-,29-12+. The Balaban J connectivity index is 2.10. The Kier molecular flexibility index (Phi) is 10.5. The lowest BCUT2D eigenvalue weighted by molar-refractivity contribution is 0.121. The zero-order chi connectivity index (χ0) is 25.1. The van der Waals surface area contributed by atoms with Crippen LogP contribution in [0.5, 0.6) is 0 Å². The molecule has 0 atom stereocenters. The van der Waals surface area contributed by atoms with Crippen LogP contribution in [-0.4, -0.2) is 15.7 Å². The largest absolute Gasteiger partial charge is 0.386 e. The SMILES string of the molecule is C=C/C=C(\C(=C/C)CCC/C(C=C)=C/C(=C\C)/C=C/c1ccc2ccc(Cl)cc2n1)C(C)(C)O. The summed E-state index contributed by atoms with van der Waals surface area (Å²) >= 11 is 6.11. The Bertz CT molecular complexity index is 1170. The molecule has 0 saturated heterocycles. The molecule has 0 spiro atoms. The summed E-state index contributed by atoms with van der Waals surface area (Å²) in [7, 11) is 0. The van der Waals surface area contributed by atoms with Crippen LogP contribution >= 0.6 is 11.6 Å². The first-order valence-electron chi connectivity index (χ1n) is 11.7. The minimum atomic E-state index is -0.905. The van der Waals surface area contributed by atoms with Crippen LogP contribution in [0.3, 0.4) is 0 Å². The fourth-order valence-electron chi connectivity index (χ4n) is 3.79. The third-order valence-electron chi connectivity index (χ3n) is 5.62. The monoisotopic (exact) mass is 473 g/mol.